The number of aryl methyl sites for hydroxylation is 1. The van der Waals surface area contributed by atoms with Crippen molar-refractivity contribution in [2.24, 2.45) is 5.92 Å². The lowest BCUT2D eigenvalue weighted by Crippen LogP contribution is -2.36. The Morgan fingerprint density at radius 1 is 1.28 bits per heavy atom. The lowest BCUT2D eigenvalue weighted by atomic mass is 10.1. The van der Waals surface area contributed by atoms with Gasteiger partial charge in [0.05, 0.1) is 29.2 Å². The van der Waals surface area contributed by atoms with Gasteiger partial charge >= 0.3 is 6.18 Å². The molecule has 2 aromatic heterocycles. The molecule has 0 aromatic carbocycles. The third kappa shape index (κ3) is 3.72. The highest BCUT2D eigenvalue weighted by Crippen LogP contribution is 2.36. The van der Waals surface area contributed by atoms with Crippen LogP contribution in [0.3, 0.4) is 0 Å². The number of hydrogen-bond acceptors (Lipinski definition) is 5. The molecule has 2 unspecified atom stereocenters. The largest absolute Gasteiger partial charge is 0.433 e. The molecule has 2 aliphatic heterocycles. The van der Waals surface area contributed by atoms with E-state index in [1.807, 2.05) is 0 Å². The van der Waals surface area contributed by atoms with E-state index in [0.29, 0.717) is 37.2 Å². The third-order valence-electron chi connectivity index (χ3n) is 5.61. The predicted molar refractivity (Wildman–Crippen MR) is 97.8 cm³/mol. The molecule has 2 atom stereocenters. The Balaban J connectivity index is 1.69. The number of likely N-dealkylation sites (tertiary alicyclic amines) is 1. The number of nitrogens with zero attached hydrogens (tertiary/aromatic N) is 4. The summed E-state index contributed by atoms with van der Waals surface area (Å²) in [6, 6.07) is 2.01. The fourth-order valence-electron chi connectivity index (χ4n) is 4.15. The average molecular weight is 430 g/mol. The van der Waals surface area contributed by atoms with Gasteiger partial charge in [-0.25, -0.2) is 17.9 Å². The van der Waals surface area contributed by atoms with Crippen LogP contribution in [-0.2, 0) is 27.2 Å². The molecule has 2 saturated heterocycles. The van der Waals surface area contributed by atoms with E-state index < -0.39 is 33.7 Å². The van der Waals surface area contributed by atoms with Crippen LogP contribution in [0.25, 0.3) is 5.65 Å². The fourth-order valence-corrected chi connectivity index (χ4v) is 5.88. The van der Waals surface area contributed by atoms with Gasteiger partial charge in [0.15, 0.2) is 15.5 Å². The maximum atomic E-state index is 13.5. The molecule has 0 radical (unpaired) electrons. The topological polar surface area (TPSA) is 84.6 Å². The van der Waals surface area contributed by atoms with Crippen molar-refractivity contribution in [3.05, 3.63) is 29.2 Å². The number of carbonyl (C=O) groups excluding carboxylic acids is 1. The van der Waals surface area contributed by atoms with Gasteiger partial charge in [0, 0.05) is 18.3 Å². The summed E-state index contributed by atoms with van der Waals surface area (Å²) in [6.07, 6.45) is -2.70. The molecule has 0 spiro atoms. The van der Waals surface area contributed by atoms with Crippen LogP contribution in [0.1, 0.15) is 49.3 Å². The van der Waals surface area contributed by atoms with Crippen LogP contribution < -0.4 is 0 Å². The number of hydrogen-bond donors (Lipinski definition) is 0. The van der Waals surface area contributed by atoms with Crippen molar-refractivity contribution in [2.75, 3.05) is 18.1 Å². The Labute approximate surface area is 165 Å². The number of rotatable bonds is 3. The maximum absolute atomic E-state index is 13.5. The Hall–Kier alpha value is -2.17. The van der Waals surface area contributed by atoms with Gasteiger partial charge in [0.1, 0.15) is 5.69 Å². The number of alkyl halides is 3. The zero-order valence-corrected chi connectivity index (χ0v) is 16.6. The first-order valence-electron chi connectivity index (χ1n) is 9.57. The number of carbonyl (C=O) groups is 1. The average Bonchev–Trinajstić information content (AvgIpc) is 3.35. The number of fused-ring (bicyclic) bond motifs is 1. The van der Waals surface area contributed by atoms with Gasteiger partial charge in [-0.15, -0.1) is 0 Å². The van der Waals surface area contributed by atoms with Crippen LogP contribution in [-0.4, -0.2) is 51.9 Å². The fraction of sp³-hybridized carbons (Fsp3) is 0.611. The molecule has 4 rings (SSSR count). The Morgan fingerprint density at radius 3 is 2.66 bits per heavy atom. The van der Waals surface area contributed by atoms with Crippen molar-refractivity contribution in [2.45, 2.75) is 44.8 Å². The number of sulfone groups is 1. The van der Waals surface area contributed by atoms with Crippen molar-refractivity contribution in [1.29, 1.82) is 0 Å². The van der Waals surface area contributed by atoms with Gasteiger partial charge in [-0.3, -0.25) is 4.79 Å². The van der Waals surface area contributed by atoms with Crippen molar-refractivity contribution < 1.29 is 26.4 Å². The summed E-state index contributed by atoms with van der Waals surface area (Å²) >= 11 is 0. The normalized spacial score (nSPS) is 24.5. The summed E-state index contributed by atoms with van der Waals surface area (Å²) in [5.41, 5.74) is -0.146. The van der Waals surface area contributed by atoms with E-state index in [9.17, 15) is 26.4 Å². The first-order chi connectivity index (χ1) is 13.6. The van der Waals surface area contributed by atoms with Gasteiger partial charge in [-0.05, 0) is 31.7 Å². The lowest BCUT2D eigenvalue weighted by molar-refractivity contribution is -0.143. The van der Waals surface area contributed by atoms with Gasteiger partial charge in [-0.2, -0.15) is 18.3 Å². The molecule has 0 bridgehead atoms. The van der Waals surface area contributed by atoms with Crippen LogP contribution in [0.15, 0.2) is 12.1 Å². The third-order valence-corrected chi connectivity index (χ3v) is 7.38. The van der Waals surface area contributed by atoms with E-state index in [1.165, 1.54) is 6.07 Å². The highest BCUT2D eigenvalue weighted by atomic mass is 32.2. The second-order valence-corrected chi connectivity index (χ2v) is 9.84. The standard InChI is InChI=1S/C18H21F3N4O3S/c1-2-12-8-15(18(19,20)21)25-16(22-12)9-13(23-25)14-4-3-6-24(14)17(26)11-5-7-29(27,28)10-11/h8-9,11,14H,2-7,10H2,1H3. The summed E-state index contributed by atoms with van der Waals surface area (Å²) in [7, 11) is -3.20. The van der Waals surface area contributed by atoms with Gasteiger partial charge in [0.25, 0.3) is 0 Å². The molecule has 2 aliphatic rings. The van der Waals surface area contributed by atoms with Crippen LogP contribution in [0, 0.1) is 5.92 Å². The van der Waals surface area contributed by atoms with E-state index in [0.717, 1.165) is 10.6 Å². The molecule has 7 nitrogen and oxygen atoms in total. The molecule has 0 aliphatic carbocycles. The molecule has 0 N–H and O–H groups in total. The second-order valence-electron chi connectivity index (χ2n) is 7.61. The Kier molecular flexibility index (Phi) is 4.83. The smallest absolute Gasteiger partial charge is 0.334 e. The SMILES string of the molecule is CCc1cc(C(F)(F)F)n2nc(C3CCCN3C(=O)C3CCS(=O)(=O)C3)cc2n1. The highest BCUT2D eigenvalue weighted by Gasteiger charge is 2.41. The first-order valence-corrected chi connectivity index (χ1v) is 11.4. The molecule has 2 fully saturated rings. The van der Waals surface area contributed by atoms with Crippen molar-refractivity contribution in [3.63, 3.8) is 0 Å². The van der Waals surface area contributed by atoms with Crippen molar-refractivity contribution in [3.8, 4) is 0 Å². The molecule has 2 aromatic rings. The molecular weight excluding hydrogens is 409 g/mol. The van der Waals surface area contributed by atoms with Crippen molar-refractivity contribution >= 4 is 21.4 Å². The van der Waals surface area contributed by atoms with Crippen LogP contribution in [0.2, 0.25) is 0 Å². The minimum atomic E-state index is -4.59. The van der Waals surface area contributed by atoms with E-state index >= 15 is 0 Å². The van der Waals surface area contributed by atoms with E-state index in [2.05, 4.69) is 10.1 Å². The number of aromatic nitrogens is 3. The molecule has 4 heterocycles. The lowest BCUT2D eigenvalue weighted by Gasteiger charge is -2.25. The van der Waals surface area contributed by atoms with Crippen LogP contribution in [0.5, 0.6) is 0 Å². The first kappa shape index (κ1) is 20.1. The zero-order chi connectivity index (χ0) is 21.0. The van der Waals surface area contributed by atoms with E-state index in [1.54, 1.807) is 11.8 Å². The van der Waals surface area contributed by atoms with Gasteiger partial charge in [-0.1, -0.05) is 6.92 Å². The van der Waals surface area contributed by atoms with Crippen LogP contribution in [0.4, 0.5) is 13.2 Å². The summed E-state index contributed by atoms with van der Waals surface area (Å²) < 4.78 is 64.7. The Morgan fingerprint density at radius 2 is 2.03 bits per heavy atom. The van der Waals surface area contributed by atoms with Crippen LogP contribution >= 0.6 is 0 Å². The number of halogens is 3. The summed E-state index contributed by atoms with van der Waals surface area (Å²) in [5.74, 6) is -1.02. The monoisotopic (exact) mass is 430 g/mol. The van der Waals surface area contributed by atoms with Gasteiger partial charge < -0.3 is 4.90 Å². The molecule has 158 valence electrons. The van der Waals surface area contributed by atoms with E-state index in [-0.39, 0.29) is 29.5 Å². The number of amides is 1. The minimum absolute atomic E-state index is 0.00502. The summed E-state index contributed by atoms with van der Waals surface area (Å²) in [5, 5.41) is 4.15. The molecule has 29 heavy (non-hydrogen) atoms. The Bertz CT molecular complexity index is 1060. The van der Waals surface area contributed by atoms with Gasteiger partial charge in [0.2, 0.25) is 5.91 Å². The molecular formula is C18H21F3N4O3S. The summed E-state index contributed by atoms with van der Waals surface area (Å²) in [6.45, 7) is 2.16. The molecule has 0 saturated carbocycles. The highest BCUT2D eigenvalue weighted by molar-refractivity contribution is 7.91. The quantitative estimate of drug-likeness (QED) is 0.747. The predicted octanol–water partition coefficient (Wildman–Crippen LogP) is 2.41. The van der Waals surface area contributed by atoms with Crippen molar-refractivity contribution in [1.82, 2.24) is 19.5 Å². The molecule has 1 amide bonds. The summed E-state index contributed by atoms with van der Waals surface area (Å²) in [4.78, 5) is 18.7. The minimum Gasteiger partial charge on any atom is -0.334 e. The zero-order valence-electron chi connectivity index (χ0n) is 15.8. The second kappa shape index (κ2) is 6.96. The molecule has 11 heteroatoms. The van der Waals surface area contributed by atoms with E-state index in [4.69, 9.17) is 0 Å². The maximum Gasteiger partial charge on any atom is 0.433 e.